The molecule has 0 radical (unpaired) electrons. The molecular weight excluding hydrogens is 1210 g/mol. The van der Waals surface area contributed by atoms with Gasteiger partial charge in [0.05, 0.1) is 0 Å². The maximum atomic E-state index is 5.28. The summed E-state index contributed by atoms with van der Waals surface area (Å²) in [7, 11) is 0. The van der Waals surface area contributed by atoms with Crippen LogP contribution in [-0.4, -0.2) is 9.55 Å². The van der Waals surface area contributed by atoms with Gasteiger partial charge in [-0.15, -0.1) is 34.9 Å². The summed E-state index contributed by atoms with van der Waals surface area (Å²) >= 11 is 0. The monoisotopic (exact) mass is 1290 g/mol. The zero-order chi connectivity index (χ0) is 59.1. The topological polar surface area (TPSA) is 24.3 Å². The van der Waals surface area contributed by atoms with E-state index in [0.717, 1.165) is 78.2 Å². The molecule has 3 heterocycles. The maximum Gasteiger partial charge on any atom is 0.135 e. The molecule has 5 heteroatoms. The van der Waals surface area contributed by atoms with E-state index in [1.807, 2.05) is 6.20 Å². The smallest absolute Gasteiger partial charge is 0.135 e. The van der Waals surface area contributed by atoms with E-state index in [-0.39, 0.29) is 48.1 Å². The van der Waals surface area contributed by atoms with Crippen LogP contribution in [0.2, 0.25) is 0 Å². The summed E-state index contributed by atoms with van der Waals surface area (Å²) in [5, 5.41) is 2.25. The van der Waals surface area contributed by atoms with Gasteiger partial charge in [0, 0.05) is 60.7 Å². The predicted octanol–water partition coefficient (Wildman–Crippen LogP) is 20.8. The van der Waals surface area contributed by atoms with E-state index in [1.165, 1.54) is 38.9 Å². The van der Waals surface area contributed by atoms with Crippen LogP contribution in [0.5, 0.6) is 0 Å². The van der Waals surface area contributed by atoms with Gasteiger partial charge in [0.2, 0.25) is 0 Å². The third kappa shape index (κ3) is 10.8. The summed E-state index contributed by atoms with van der Waals surface area (Å²) < 4.78 is 2.36. The zero-order valence-electron chi connectivity index (χ0n) is 52.0. The van der Waals surface area contributed by atoms with Crippen LogP contribution in [0, 0.1) is 18.8 Å². The van der Waals surface area contributed by atoms with Gasteiger partial charge < -0.3 is 14.4 Å². The number of nitrogens with zero attached hydrogens (tertiary/aromatic N) is 4. The maximum absolute atomic E-state index is 5.28. The molecular formula is C80H79N4Pt-3. The summed E-state index contributed by atoms with van der Waals surface area (Å²) in [6, 6.07) is 87.4. The minimum absolute atomic E-state index is 0. The number of rotatable bonds is 10. The fourth-order valence-electron chi connectivity index (χ4n) is 12.4. The van der Waals surface area contributed by atoms with E-state index < -0.39 is 5.41 Å². The van der Waals surface area contributed by atoms with Crippen LogP contribution in [0.1, 0.15) is 153 Å². The van der Waals surface area contributed by atoms with E-state index in [9.17, 15) is 0 Å². The average Bonchev–Trinajstić information content (AvgIpc) is 1.93. The number of para-hydroxylation sites is 2. The van der Waals surface area contributed by atoms with Crippen LogP contribution in [0.3, 0.4) is 0 Å². The van der Waals surface area contributed by atoms with Gasteiger partial charge in [-0.25, -0.2) is 4.98 Å². The molecule has 0 saturated heterocycles. The average molecular weight is 1290 g/mol. The van der Waals surface area contributed by atoms with Gasteiger partial charge >= 0.3 is 0 Å². The Labute approximate surface area is 520 Å². The van der Waals surface area contributed by atoms with Crippen molar-refractivity contribution in [3.8, 4) is 16.9 Å². The summed E-state index contributed by atoms with van der Waals surface area (Å²) in [6.07, 6.45) is 1.99. The molecule has 0 fully saturated rings. The molecule has 1 aliphatic heterocycles. The van der Waals surface area contributed by atoms with Crippen molar-refractivity contribution in [2.75, 3.05) is 9.80 Å². The first-order valence-corrected chi connectivity index (χ1v) is 29.9. The van der Waals surface area contributed by atoms with Crippen molar-refractivity contribution >= 4 is 44.6 Å². The summed E-state index contributed by atoms with van der Waals surface area (Å²) in [5.74, 6) is 0.844. The van der Waals surface area contributed by atoms with E-state index in [0.29, 0.717) is 0 Å². The SMILES string of the molecule is CC(C)(C)c1ccc(C(C)(C)c2ccnc(-n3c4[c-]c(C(c5[c-]c(N6[CH-]N(c7cc(C(C)(C)C)cc(C(C)(C)C)c7)c7ccccc76)cc(C(C)(C)C)c5)(c5ccccc5)c5ccccc5)ccc4c4cc(-c5ccccc5)ccc43)c2)cc1.[Pt]. The minimum Gasteiger partial charge on any atom is -0.493 e. The number of hydrogen-bond acceptors (Lipinski definition) is 3. The number of hydrogen-bond donors (Lipinski definition) is 0. The van der Waals surface area contributed by atoms with Gasteiger partial charge in [-0.3, -0.25) is 0 Å². The van der Waals surface area contributed by atoms with Gasteiger partial charge in [0.1, 0.15) is 5.82 Å². The van der Waals surface area contributed by atoms with E-state index >= 15 is 0 Å². The molecule has 0 unspecified atom stereocenters. The number of fused-ring (bicyclic) bond motifs is 4. The van der Waals surface area contributed by atoms with Gasteiger partial charge in [0.25, 0.3) is 0 Å². The van der Waals surface area contributed by atoms with E-state index in [1.54, 1.807) is 0 Å². The van der Waals surface area contributed by atoms with Crippen LogP contribution >= 0.6 is 0 Å². The van der Waals surface area contributed by atoms with E-state index in [4.69, 9.17) is 4.98 Å². The fraction of sp³-hybridized carbons (Fsp3) is 0.250. The molecule has 85 heavy (non-hydrogen) atoms. The Morgan fingerprint density at radius 2 is 0.906 bits per heavy atom. The molecule has 0 bridgehead atoms. The van der Waals surface area contributed by atoms with Crippen molar-refractivity contribution in [2.45, 2.75) is 129 Å². The number of benzene rings is 9. The molecule has 0 aliphatic carbocycles. The molecule has 0 atom stereocenters. The largest absolute Gasteiger partial charge is 0.493 e. The molecule has 0 spiro atoms. The quantitative estimate of drug-likeness (QED) is 0.101. The first kappa shape index (κ1) is 59.0. The molecule has 1 aliphatic rings. The van der Waals surface area contributed by atoms with Crippen LogP contribution in [0.25, 0.3) is 38.8 Å². The number of pyridine rings is 1. The van der Waals surface area contributed by atoms with Crippen LogP contribution in [-0.2, 0) is 53.6 Å². The second kappa shape index (κ2) is 21.9. The Bertz CT molecular complexity index is 4150. The van der Waals surface area contributed by atoms with Crippen LogP contribution in [0.4, 0.5) is 22.7 Å². The van der Waals surface area contributed by atoms with Crippen LogP contribution in [0.15, 0.2) is 219 Å². The second-order valence-electron chi connectivity index (χ2n) is 27.9. The van der Waals surface area contributed by atoms with Crippen molar-refractivity contribution in [3.05, 3.63) is 293 Å². The minimum atomic E-state index is -0.915. The zero-order valence-corrected chi connectivity index (χ0v) is 54.2. The van der Waals surface area contributed by atoms with E-state index in [2.05, 4.69) is 342 Å². The normalized spacial score (nSPS) is 13.3. The summed E-state index contributed by atoms with van der Waals surface area (Å²) in [5.41, 5.74) is 19.0. The van der Waals surface area contributed by atoms with Crippen molar-refractivity contribution in [3.63, 3.8) is 0 Å². The number of aromatic nitrogens is 2. The first-order chi connectivity index (χ1) is 39.9. The molecule has 0 amide bonds. The molecule has 9 aromatic carbocycles. The van der Waals surface area contributed by atoms with Gasteiger partial charge in [0.15, 0.2) is 0 Å². The molecule has 0 saturated carbocycles. The third-order valence-electron chi connectivity index (χ3n) is 17.7. The molecule has 0 N–H and O–H groups in total. The van der Waals surface area contributed by atoms with Crippen molar-refractivity contribution in [1.29, 1.82) is 0 Å². The third-order valence-corrected chi connectivity index (χ3v) is 17.7. The Hall–Kier alpha value is -7.78. The van der Waals surface area contributed by atoms with Crippen LogP contribution < -0.4 is 9.80 Å². The van der Waals surface area contributed by atoms with Gasteiger partial charge in [-0.05, 0) is 120 Å². The predicted molar refractivity (Wildman–Crippen MR) is 355 cm³/mol. The van der Waals surface area contributed by atoms with Gasteiger partial charge in [-0.2, -0.15) is 35.9 Å². The standard InChI is InChI=1S/C80H79N4.Pt/c1-75(2,3)56-35-37-57(38-36-56)79(13,14)60-42-43-81-74(52-60)84-70-41-34-55(54-26-18-15-19-27-54)44-69(70)68-40-39-61(51-73(68)84)80(58-28-20-16-21-29-58,59-30-22-17-23-31-59)65-46-64(78(10,11)12)49-67(50-65)83-53-82(71-32-24-25-33-72(71)83)66-47-62(76(4,5)6)45-63(48-66)77(7,8)9;/h15-49,52-53H,1-14H3;/q-3;. The molecule has 11 aromatic rings. The van der Waals surface area contributed by atoms with Crippen molar-refractivity contribution in [2.24, 2.45) is 0 Å². The molecule has 4 nitrogen and oxygen atoms in total. The van der Waals surface area contributed by atoms with Crippen molar-refractivity contribution in [1.82, 2.24) is 9.55 Å². The summed E-state index contributed by atoms with van der Waals surface area (Å²) in [6.45, 7) is 34.6. The Morgan fingerprint density at radius 3 is 1.48 bits per heavy atom. The first-order valence-electron chi connectivity index (χ1n) is 29.9. The number of anilines is 4. The molecule has 12 rings (SSSR count). The Kier molecular flexibility index (Phi) is 15.2. The van der Waals surface area contributed by atoms with Crippen molar-refractivity contribution < 1.29 is 21.1 Å². The van der Waals surface area contributed by atoms with Gasteiger partial charge in [-0.1, -0.05) is 248 Å². The Morgan fingerprint density at radius 1 is 0.376 bits per heavy atom. The fourth-order valence-corrected chi connectivity index (χ4v) is 12.4. The second-order valence-corrected chi connectivity index (χ2v) is 27.9. The summed E-state index contributed by atoms with van der Waals surface area (Å²) in [4.78, 5) is 10.0. The Balaban J connectivity index is 0.00000752. The molecule has 2 aromatic heterocycles. The molecule has 432 valence electrons.